The first kappa shape index (κ1) is 18.1. The molecular weight excluding hydrogens is 284 g/mol. The van der Waals surface area contributed by atoms with Gasteiger partial charge in [0.15, 0.2) is 0 Å². The first-order valence-corrected chi connectivity index (χ1v) is 5.68. The fourth-order valence-corrected chi connectivity index (χ4v) is 1.67. The molecule has 0 fully saturated rings. The highest BCUT2D eigenvalue weighted by molar-refractivity contribution is 5.85. The zero-order valence-corrected chi connectivity index (χ0v) is 11.0. The summed E-state index contributed by atoms with van der Waals surface area (Å²) in [6.45, 7) is 0.504. The summed E-state index contributed by atoms with van der Waals surface area (Å²) in [6, 6.07) is 1.81. The van der Waals surface area contributed by atoms with Crippen LogP contribution in [0.5, 0.6) is 0 Å². The topological polar surface area (TPSA) is 52.0 Å². The van der Waals surface area contributed by atoms with E-state index < -0.39 is 23.6 Å². The van der Waals surface area contributed by atoms with Crippen LogP contribution >= 0.6 is 12.4 Å². The molecule has 4 N–H and O–H groups in total. The van der Waals surface area contributed by atoms with Crippen molar-refractivity contribution in [3.8, 4) is 0 Å². The number of alkyl halides is 3. The number of halogens is 5. The summed E-state index contributed by atoms with van der Waals surface area (Å²) < 4.78 is 50.6. The third kappa shape index (κ3) is 5.76. The highest BCUT2D eigenvalue weighted by Crippen LogP contribution is 2.32. The molecule has 7 heteroatoms. The molecule has 19 heavy (non-hydrogen) atoms. The Morgan fingerprint density at radius 1 is 1.11 bits per heavy atom. The van der Waals surface area contributed by atoms with Gasteiger partial charge in [-0.25, -0.2) is 4.39 Å². The van der Waals surface area contributed by atoms with E-state index in [1.807, 2.05) is 0 Å². The van der Waals surface area contributed by atoms with Crippen LogP contribution < -0.4 is 11.5 Å². The molecule has 0 spiro atoms. The Hall–Kier alpha value is -0.850. The molecule has 1 aromatic carbocycles. The smallest absolute Gasteiger partial charge is 0.330 e. The van der Waals surface area contributed by atoms with Crippen LogP contribution in [0.1, 0.15) is 36.4 Å². The molecule has 0 unspecified atom stereocenters. The maximum atomic E-state index is 13.1. The molecule has 0 saturated carbocycles. The van der Waals surface area contributed by atoms with Crippen LogP contribution in [0.25, 0.3) is 0 Å². The lowest BCUT2D eigenvalue weighted by Crippen LogP contribution is -2.14. The number of hydrogen-bond acceptors (Lipinski definition) is 2. The highest BCUT2D eigenvalue weighted by Gasteiger charge is 2.31. The zero-order chi connectivity index (χ0) is 13.8. The molecule has 0 aliphatic rings. The summed E-state index contributed by atoms with van der Waals surface area (Å²) in [6.07, 6.45) is -2.63. The number of benzene rings is 1. The Kier molecular flexibility index (Phi) is 7.33. The van der Waals surface area contributed by atoms with Crippen molar-refractivity contribution < 1.29 is 17.6 Å². The maximum Gasteiger partial charge on any atom is 0.416 e. The van der Waals surface area contributed by atoms with Crippen molar-refractivity contribution in [1.29, 1.82) is 0 Å². The third-order valence-corrected chi connectivity index (χ3v) is 2.64. The van der Waals surface area contributed by atoms with Crippen LogP contribution in [0.15, 0.2) is 18.2 Å². The van der Waals surface area contributed by atoms with Gasteiger partial charge in [-0.05, 0) is 43.1 Å². The van der Waals surface area contributed by atoms with Gasteiger partial charge in [0.05, 0.1) is 5.56 Å². The summed E-state index contributed by atoms with van der Waals surface area (Å²) >= 11 is 0. The van der Waals surface area contributed by atoms with E-state index in [1.54, 1.807) is 0 Å². The van der Waals surface area contributed by atoms with E-state index in [-0.39, 0.29) is 18.0 Å². The molecule has 0 radical (unpaired) electrons. The van der Waals surface area contributed by atoms with E-state index in [4.69, 9.17) is 11.5 Å². The second kappa shape index (κ2) is 7.67. The van der Waals surface area contributed by atoms with E-state index in [9.17, 15) is 17.6 Å². The van der Waals surface area contributed by atoms with Crippen LogP contribution in [0.2, 0.25) is 0 Å². The number of rotatable bonds is 5. The van der Waals surface area contributed by atoms with E-state index >= 15 is 0 Å². The maximum absolute atomic E-state index is 13.1. The molecule has 1 rings (SSSR count). The van der Waals surface area contributed by atoms with Gasteiger partial charge >= 0.3 is 6.18 Å². The average molecular weight is 301 g/mol. The highest BCUT2D eigenvalue weighted by atomic mass is 35.5. The van der Waals surface area contributed by atoms with E-state index in [1.165, 1.54) is 0 Å². The molecule has 2 nitrogen and oxygen atoms in total. The van der Waals surface area contributed by atoms with Gasteiger partial charge in [0.2, 0.25) is 0 Å². The Labute approximate surface area is 115 Å². The summed E-state index contributed by atoms with van der Waals surface area (Å²) in [5, 5.41) is 0. The quantitative estimate of drug-likeness (QED) is 0.647. The van der Waals surface area contributed by atoms with Gasteiger partial charge in [-0.1, -0.05) is 6.42 Å². The Morgan fingerprint density at radius 3 is 2.26 bits per heavy atom. The summed E-state index contributed by atoms with van der Waals surface area (Å²) in [5.41, 5.74) is 10.2. The van der Waals surface area contributed by atoms with Crippen LogP contribution in [0.3, 0.4) is 0 Å². The van der Waals surface area contributed by atoms with Crippen LogP contribution in [0.4, 0.5) is 17.6 Å². The first-order chi connectivity index (χ1) is 8.34. The predicted octanol–water partition coefficient (Wildman–Crippen LogP) is 3.40. The number of nitrogens with two attached hydrogens (primary N) is 2. The van der Waals surface area contributed by atoms with Crippen molar-refractivity contribution in [2.75, 3.05) is 6.54 Å². The van der Waals surface area contributed by atoms with Gasteiger partial charge in [-0.2, -0.15) is 13.2 Å². The normalized spacial score (nSPS) is 12.9. The van der Waals surface area contributed by atoms with Crippen molar-refractivity contribution in [2.45, 2.75) is 31.5 Å². The second-order valence-corrected chi connectivity index (χ2v) is 4.16. The zero-order valence-electron chi connectivity index (χ0n) is 10.2. The van der Waals surface area contributed by atoms with Crippen LogP contribution in [-0.4, -0.2) is 6.54 Å². The lowest BCUT2D eigenvalue weighted by molar-refractivity contribution is -0.137. The van der Waals surface area contributed by atoms with Gasteiger partial charge in [0.25, 0.3) is 0 Å². The first-order valence-electron chi connectivity index (χ1n) is 5.68. The van der Waals surface area contributed by atoms with Crippen molar-refractivity contribution in [3.63, 3.8) is 0 Å². The predicted molar refractivity (Wildman–Crippen MR) is 68.5 cm³/mol. The van der Waals surface area contributed by atoms with Gasteiger partial charge in [0, 0.05) is 6.04 Å². The minimum atomic E-state index is -4.56. The molecule has 0 amide bonds. The molecular formula is C12H17ClF4N2. The van der Waals surface area contributed by atoms with Crippen molar-refractivity contribution in [3.05, 3.63) is 35.1 Å². The molecule has 0 aliphatic heterocycles. The molecule has 0 aromatic heterocycles. The van der Waals surface area contributed by atoms with Crippen LogP contribution in [-0.2, 0) is 6.18 Å². The molecule has 1 aromatic rings. The average Bonchev–Trinajstić information content (AvgIpc) is 2.27. The summed E-state index contributed by atoms with van der Waals surface area (Å²) in [5.74, 6) is -0.922. The lowest BCUT2D eigenvalue weighted by Gasteiger charge is -2.14. The Morgan fingerprint density at radius 2 is 1.74 bits per heavy atom. The van der Waals surface area contributed by atoms with E-state index in [0.717, 1.165) is 18.6 Å². The SMILES string of the molecule is Cl.NCCCC[C@@H](N)c1cc(F)cc(C(F)(F)F)c1. The standard InChI is InChI=1S/C12H16F4N2.ClH/c13-10-6-8(11(18)3-1-2-4-17)5-9(7-10)12(14,15)16;/h5-7,11H,1-4,17-18H2;1H/t11-;/m1./s1. The second-order valence-electron chi connectivity index (χ2n) is 4.16. The van der Waals surface area contributed by atoms with Gasteiger partial charge in [-0.3, -0.25) is 0 Å². The van der Waals surface area contributed by atoms with Gasteiger partial charge < -0.3 is 11.5 Å². The molecule has 110 valence electrons. The fraction of sp³-hybridized carbons (Fsp3) is 0.500. The van der Waals surface area contributed by atoms with Crippen molar-refractivity contribution in [1.82, 2.24) is 0 Å². The van der Waals surface area contributed by atoms with Crippen molar-refractivity contribution in [2.24, 2.45) is 11.5 Å². The number of hydrogen-bond donors (Lipinski definition) is 2. The summed E-state index contributed by atoms with van der Waals surface area (Å²) in [7, 11) is 0. The molecule has 0 bridgehead atoms. The van der Waals surface area contributed by atoms with Crippen molar-refractivity contribution >= 4 is 12.4 Å². The monoisotopic (exact) mass is 300 g/mol. The Bertz CT molecular complexity index is 396. The third-order valence-electron chi connectivity index (χ3n) is 2.64. The van der Waals surface area contributed by atoms with E-state index in [0.29, 0.717) is 25.5 Å². The molecule has 1 atom stereocenters. The van der Waals surface area contributed by atoms with Gasteiger partial charge in [0.1, 0.15) is 5.82 Å². The Balaban J connectivity index is 0.00000324. The molecule has 0 aliphatic carbocycles. The van der Waals surface area contributed by atoms with Crippen LogP contribution in [0, 0.1) is 5.82 Å². The largest absolute Gasteiger partial charge is 0.416 e. The minimum absolute atomic E-state index is 0. The molecule has 0 saturated heterocycles. The molecule has 0 heterocycles. The minimum Gasteiger partial charge on any atom is -0.330 e. The summed E-state index contributed by atoms with van der Waals surface area (Å²) in [4.78, 5) is 0. The lowest BCUT2D eigenvalue weighted by atomic mass is 9.99. The number of unbranched alkanes of at least 4 members (excludes halogenated alkanes) is 1. The van der Waals surface area contributed by atoms with E-state index in [2.05, 4.69) is 0 Å². The van der Waals surface area contributed by atoms with Gasteiger partial charge in [-0.15, -0.1) is 12.4 Å². The fourth-order valence-electron chi connectivity index (χ4n) is 1.67.